The summed E-state index contributed by atoms with van der Waals surface area (Å²) in [6.45, 7) is 0. The normalized spacial score (nSPS) is 10.8. The van der Waals surface area contributed by atoms with Crippen LogP contribution in [0, 0.1) is 0 Å². The first kappa shape index (κ1) is 16.7. The highest BCUT2D eigenvalue weighted by atomic mass is 16.5. The summed E-state index contributed by atoms with van der Waals surface area (Å²) in [6.07, 6.45) is 0.183. The number of nitrogens with two attached hydrogens (primary N) is 1. The van der Waals surface area contributed by atoms with Gasteiger partial charge in [0.25, 0.3) is 0 Å². The number of carbonyl (C=O) groups is 1. The highest BCUT2D eigenvalue weighted by Gasteiger charge is 2.11. The molecule has 0 spiro atoms. The van der Waals surface area contributed by atoms with Gasteiger partial charge in [0, 0.05) is 6.04 Å². The maximum Gasteiger partial charge on any atom is 0.307 e. The number of methoxy groups -OCH3 is 2. The average molecular weight is 287 g/mol. The van der Waals surface area contributed by atoms with Crippen LogP contribution in [0.2, 0.25) is 0 Å². The van der Waals surface area contributed by atoms with Gasteiger partial charge in [-0.15, -0.1) is 0 Å². The van der Waals surface area contributed by atoms with Gasteiger partial charge in [0.2, 0.25) is 0 Å². The smallest absolute Gasteiger partial charge is 0.307 e. The maximum absolute atomic E-state index is 11.0. The van der Waals surface area contributed by atoms with Crippen molar-refractivity contribution < 1.29 is 14.3 Å². The number of ether oxygens (including phenoxy) is 2. The van der Waals surface area contributed by atoms with E-state index in [1.165, 1.54) is 7.11 Å². The highest BCUT2D eigenvalue weighted by molar-refractivity contribution is 5.70. The van der Waals surface area contributed by atoms with Gasteiger partial charge >= 0.3 is 5.97 Å². The van der Waals surface area contributed by atoms with E-state index in [2.05, 4.69) is 4.74 Å². The molecule has 2 aromatic rings. The average Bonchev–Trinajstić information content (AvgIpc) is 2.57. The molecule has 112 valence electrons. The third-order valence-corrected chi connectivity index (χ3v) is 2.82. The second-order valence-electron chi connectivity index (χ2n) is 4.31. The maximum atomic E-state index is 11.0. The molecule has 21 heavy (non-hydrogen) atoms. The molecule has 0 bridgehead atoms. The van der Waals surface area contributed by atoms with Gasteiger partial charge in [0.1, 0.15) is 5.75 Å². The van der Waals surface area contributed by atoms with Crippen LogP contribution in [0.1, 0.15) is 18.0 Å². The fourth-order valence-corrected chi connectivity index (χ4v) is 1.62. The Balaban J connectivity index is 0.000000304. The zero-order valence-corrected chi connectivity index (χ0v) is 12.4. The summed E-state index contributed by atoms with van der Waals surface area (Å²) in [5.74, 6) is 0.460. The van der Waals surface area contributed by atoms with Crippen LogP contribution in [-0.4, -0.2) is 20.2 Å². The van der Waals surface area contributed by atoms with Crippen molar-refractivity contribution in [1.29, 1.82) is 0 Å². The summed E-state index contributed by atoms with van der Waals surface area (Å²) in [5, 5.41) is 0. The number of hydrogen-bond acceptors (Lipinski definition) is 4. The standard InChI is InChI=1S/C11H15NO3.C6H6/c1-14-9-5-3-8(4-6-9)10(12)7-11(13)15-2;1-2-4-6-5-3-1/h3-6,10H,7,12H2,1-2H3;1-6H. The molecule has 0 heterocycles. The molecule has 1 unspecified atom stereocenters. The quantitative estimate of drug-likeness (QED) is 0.878. The second kappa shape index (κ2) is 9.55. The van der Waals surface area contributed by atoms with Crippen molar-refractivity contribution in [2.45, 2.75) is 12.5 Å². The monoisotopic (exact) mass is 287 g/mol. The van der Waals surface area contributed by atoms with E-state index in [0.717, 1.165) is 11.3 Å². The van der Waals surface area contributed by atoms with Crippen molar-refractivity contribution in [2.75, 3.05) is 14.2 Å². The van der Waals surface area contributed by atoms with E-state index in [1.54, 1.807) is 7.11 Å². The minimum absolute atomic E-state index is 0.183. The van der Waals surface area contributed by atoms with Crippen molar-refractivity contribution in [2.24, 2.45) is 5.73 Å². The van der Waals surface area contributed by atoms with Gasteiger partial charge in [-0.3, -0.25) is 4.79 Å². The molecule has 0 aromatic heterocycles. The van der Waals surface area contributed by atoms with E-state index in [0.29, 0.717) is 0 Å². The molecular weight excluding hydrogens is 266 g/mol. The SMILES string of the molecule is COC(=O)CC(N)c1ccc(OC)cc1.c1ccccc1. The zero-order valence-electron chi connectivity index (χ0n) is 12.4. The molecule has 0 radical (unpaired) electrons. The van der Waals surface area contributed by atoms with Gasteiger partial charge in [-0.1, -0.05) is 48.5 Å². The fraction of sp³-hybridized carbons (Fsp3) is 0.235. The molecule has 0 fully saturated rings. The van der Waals surface area contributed by atoms with Crippen LogP contribution in [0.15, 0.2) is 60.7 Å². The summed E-state index contributed by atoms with van der Waals surface area (Å²) in [5.41, 5.74) is 6.71. The molecule has 0 saturated heterocycles. The largest absolute Gasteiger partial charge is 0.497 e. The molecule has 2 N–H and O–H groups in total. The summed E-state index contributed by atoms with van der Waals surface area (Å²) < 4.78 is 9.56. The van der Waals surface area contributed by atoms with Crippen LogP contribution < -0.4 is 10.5 Å². The number of esters is 1. The molecule has 2 rings (SSSR count). The van der Waals surface area contributed by atoms with Crippen molar-refractivity contribution in [3.05, 3.63) is 66.2 Å². The van der Waals surface area contributed by atoms with E-state index >= 15 is 0 Å². The first-order valence-corrected chi connectivity index (χ1v) is 6.63. The Bertz CT molecular complexity index is 485. The predicted octanol–water partition coefficient (Wildman–Crippen LogP) is 2.94. The lowest BCUT2D eigenvalue weighted by Gasteiger charge is -2.10. The molecule has 0 amide bonds. The highest BCUT2D eigenvalue weighted by Crippen LogP contribution is 2.18. The Labute approximate surface area is 125 Å². The summed E-state index contributed by atoms with van der Waals surface area (Å²) >= 11 is 0. The van der Waals surface area contributed by atoms with E-state index in [1.807, 2.05) is 60.7 Å². The van der Waals surface area contributed by atoms with Crippen LogP contribution in [-0.2, 0) is 9.53 Å². The van der Waals surface area contributed by atoms with Crippen molar-refractivity contribution in [3.63, 3.8) is 0 Å². The van der Waals surface area contributed by atoms with Gasteiger partial charge in [0.05, 0.1) is 20.6 Å². The Hall–Kier alpha value is -2.33. The van der Waals surface area contributed by atoms with E-state index in [9.17, 15) is 4.79 Å². The second-order valence-corrected chi connectivity index (χ2v) is 4.31. The number of carbonyl (C=O) groups excluding carboxylic acids is 1. The lowest BCUT2D eigenvalue weighted by molar-refractivity contribution is -0.141. The number of hydrogen-bond donors (Lipinski definition) is 1. The van der Waals surface area contributed by atoms with Gasteiger partial charge in [0.15, 0.2) is 0 Å². The van der Waals surface area contributed by atoms with E-state index in [4.69, 9.17) is 10.5 Å². The van der Waals surface area contributed by atoms with E-state index < -0.39 is 0 Å². The van der Waals surface area contributed by atoms with Crippen LogP contribution in [0.5, 0.6) is 5.75 Å². The fourth-order valence-electron chi connectivity index (χ4n) is 1.62. The first-order valence-electron chi connectivity index (χ1n) is 6.63. The molecule has 2 aromatic carbocycles. The molecule has 0 aliphatic rings. The van der Waals surface area contributed by atoms with Crippen LogP contribution in [0.4, 0.5) is 0 Å². The number of rotatable bonds is 4. The molecular formula is C17H21NO3. The Morgan fingerprint density at radius 3 is 1.86 bits per heavy atom. The predicted molar refractivity (Wildman–Crippen MR) is 83.0 cm³/mol. The lowest BCUT2D eigenvalue weighted by Crippen LogP contribution is -2.16. The van der Waals surface area contributed by atoms with E-state index in [-0.39, 0.29) is 18.4 Å². The Morgan fingerprint density at radius 2 is 1.48 bits per heavy atom. The van der Waals surface area contributed by atoms with Crippen LogP contribution in [0.3, 0.4) is 0 Å². The minimum Gasteiger partial charge on any atom is -0.497 e. The molecule has 0 aliphatic carbocycles. The van der Waals surface area contributed by atoms with Gasteiger partial charge in [-0.25, -0.2) is 0 Å². The summed E-state index contributed by atoms with van der Waals surface area (Å²) in [6, 6.07) is 19.0. The third kappa shape index (κ3) is 6.58. The van der Waals surface area contributed by atoms with Gasteiger partial charge < -0.3 is 15.2 Å². The molecule has 1 atom stereocenters. The molecule has 0 aliphatic heterocycles. The topological polar surface area (TPSA) is 61.5 Å². The van der Waals surface area contributed by atoms with Crippen molar-refractivity contribution >= 4 is 5.97 Å². The summed E-state index contributed by atoms with van der Waals surface area (Å²) in [4.78, 5) is 11.0. The molecule has 4 nitrogen and oxygen atoms in total. The first-order chi connectivity index (χ1) is 10.2. The lowest BCUT2D eigenvalue weighted by atomic mass is 10.0. The zero-order chi connectivity index (χ0) is 15.5. The number of benzene rings is 2. The third-order valence-electron chi connectivity index (χ3n) is 2.82. The van der Waals surface area contributed by atoms with Crippen LogP contribution >= 0.6 is 0 Å². The minimum atomic E-state index is -0.330. The molecule has 4 heteroatoms. The Morgan fingerprint density at radius 1 is 1.00 bits per heavy atom. The van der Waals surface area contributed by atoms with Gasteiger partial charge in [-0.05, 0) is 17.7 Å². The van der Waals surface area contributed by atoms with Crippen molar-refractivity contribution in [3.8, 4) is 5.75 Å². The van der Waals surface area contributed by atoms with Gasteiger partial charge in [-0.2, -0.15) is 0 Å². The summed E-state index contributed by atoms with van der Waals surface area (Å²) in [7, 11) is 2.95. The van der Waals surface area contributed by atoms with Crippen molar-refractivity contribution in [1.82, 2.24) is 0 Å². The Kier molecular flexibility index (Phi) is 7.61. The van der Waals surface area contributed by atoms with Crippen LogP contribution in [0.25, 0.3) is 0 Å². The molecule has 0 saturated carbocycles.